The highest BCUT2D eigenvalue weighted by atomic mass is 16.1. The molecular weight excluding hydrogens is 242 g/mol. The number of aromatic nitrogens is 2. The van der Waals surface area contributed by atoms with Gasteiger partial charge in [-0.1, -0.05) is 19.8 Å². The summed E-state index contributed by atoms with van der Waals surface area (Å²) in [7, 11) is 0. The molecule has 6 nitrogen and oxygen atoms in total. The van der Waals surface area contributed by atoms with E-state index in [2.05, 4.69) is 27.6 Å². The Morgan fingerprint density at radius 2 is 2.05 bits per heavy atom. The molecule has 19 heavy (non-hydrogen) atoms. The zero-order chi connectivity index (χ0) is 13.7. The Labute approximate surface area is 113 Å². The maximum atomic E-state index is 11.9. The first kappa shape index (κ1) is 13.7. The summed E-state index contributed by atoms with van der Waals surface area (Å²) in [5, 5.41) is 2.93. The largest absolute Gasteiger partial charge is 0.350 e. The number of hydrazine groups is 1. The molecule has 0 aliphatic heterocycles. The molecule has 0 unspecified atom stereocenters. The van der Waals surface area contributed by atoms with Crippen LogP contribution in [0.3, 0.4) is 0 Å². The lowest BCUT2D eigenvalue weighted by Crippen LogP contribution is -2.31. The molecule has 1 heterocycles. The monoisotopic (exact) mass is 263 g/mol. The number of rotatable bonds is 4. The van der Waals surface area contributed by atoms with Crippen molar-refractivity contribution in [1.29, 1.82) is 0 Å². The first-order valence-corrected chi connectivity index (χ1v) is 6.76. The number of hydrogen-bond donors (Lipinski definition) is 3. The van der Waals surface area contributed by atoms with E-state index in [4.69, 9.17) is 5.84 Å². The van der Waals surface area contributed by atoms with Crippen LogP contribution in [0, 0.1) is 11.8 Å². The molecule has 4 N–H and O–H groups in total. The molecule has 0 aromatic carbocycles. The van der Waals surface area contributed by atoms with Crippen molar-refractivity contribution in [2.24, 2.45) is 17.7 Å². The van der Waals surface area contributed by atoms with Gasteiger partial charge in [0.25, 0.3) is 5.91 Å². The minimum absolute atomic E-state index is 0.172. The molecule has 104 valence electrons. The third-order valence-electron chi connectivity index (χ3n) is 3.72. The van der Waals surface area contributed by atoms with E-state index in [1.807, 2.05) is 0 Å². The van der Waals surface area contributed by atoms with Gasteiger partial charge in [-0.3, -0.25) is 4.79 Å². The van der Waals surface area contributed by atoms with Gasteiger partial charge < -0.3 is 10.7 Å². The van der Waals surface area contributed by atoms with Crippen LogP contribution >= 0.6 is 0 Å². The third-order valence-corrected chi connectivity index (χ3v) is 3.72. The Morgan fingerprint density at radius 1 is 1.32 bits per heavy atom. The zero-order valence-corrected chi connectivity index (χ0v) is 11.2. The highest BCUT2D eigenvalue weighted by Crippen LogP contribution is 2.27. The Kier molecular flexibility index (Phi) is 4.68. The van der Waals surface area contributed by atoms with E-state index in [1.165, 1.54) is 38.1 Å². The van der Waals surface area contributed by atoms with E-state index in [1.54, 1.807) is 0 Å². The van der Waals surface area contributed by atoms with Crippen LogP contribution in [0.25, 0.3) is 0 Å². The number of nitrogens with one attached hydrogen (secondary N) is 2. The first-order chi connectivity index (χ1) is 9.19. The molecule has 1 aliphatic rings. The first-order valence-electron chi connectivity index (χ1n) is 6.76. The van der Waals surface area contributed by atoms with Crippen molar-refractivity contribution in [2.45, 2.75) is 32.6 Å². The molecule has 2 rings (SSSR count). The quantitative estimate of drug-likeness (QED) is 0.562. The molecular formula is C13H21N5O. The van der Waals surface area contributed by atoms with E-state index in [0.29, 0.717) is 17.4 Å². The SMILES string of the molecule is CC1CCC(CNC(=O)c2cnc(NN)cn2)CC1. The molecule has 0 radical (unpaired) electrons. The van der Waals surface area contributed by atoms with Gasteiger partial charge in [-0.25, -0.2) is 15.8 Å². The third kappa shape index (κ3) is 3.89. The Hall–Kier alpha value is -1.69. The van der Waals surface area contributed by atoms with Crippen LogP contribution in [0.15, 0.2) is 12.4 Å². The highest BCUT2D eigenvalue weighted by molar-refractivity contribution is 5.91. The zero-order valence-electron chi connectivity index (χ0n) is 11.2. The maximum Gasteiger partial charge on any atom is 0.271 e. The normalized spacial score (nSPS) is 22.8. The van der Waals surface area contributed by atoms with Gasteiger partial charge in [0.15, 0.2) is 5.82 Å². The fourth-order valence-electron chi connectivity index (χ4n) is 2.38. The van der Waals surface area contributed by atoms with Crippen molar-refractivity contribution in [2.75, 3.05) is 12.0 Å². The second-order valence-corrected chi connectivity index (χ2v) is 5.27. The molecule has 0 spiro atoms. The summed E-state index contributed by atoms with van der Waals surface area (Å²) in [4.78, 5) is 19.9. The fraction of sp³-hybridized carbons (Fsp3) is 0.615. The molecule has 1 amide bonds. The number of nitrogens with zero attached hydrogens (tertiary/aromatic N) is 2. The summed E-state index contributed by atoms with van der Waals surface area (Å²) in [6.07, 6.45) is 7.78. The van der Waals surface area contributed by atoms with Crippen LogP contribution < -0.4 is 16.6 Å². The van der Waals surface area contributed by atoms with Gasteiger partial charge >= 0.3 is 0 Å². The van der Waals surface area contributed by atoms with Crippen LogP contribution in [0.1, 0.15) is 43.1 Å². The predicted octanol–water partition coefficient (Wildman–Crippen LogP) is 1.32. The van der Waals surface area contributed by atoms with Crippen LogP contribution in [0.4, 0.5) is 5.82 Å². The summed E-state index contributed by atoms with van der Waals surface area (Å²) in [6.45, 7) is 3.02. The number of nitrogen functional groups attached to an aromatic ring is 1. The second kappa shape index (κ2) is 6.47. The van der Waals surface area contributed by atoms with Crippen LogP contribution in [0.5, 0.6) is 0 Å². The fourth-order valence-corrected chi connectivity index (χ4v) is 2.38. The number of carbonyl (C=O) groups excluding carboxylic acids is 1. The molecule has 1 saturated carbocycles. The predicted molar refractivity (Wildman–Crippen MR) is 73.3 cm³/mol. The molecule has 1 aliphatic carbocycles. The van der Waals surface area contributed by atoms with E-state index in [-0.39, 0.29) is 5.91 Å². The van der Waals surface area contributed by atoms with Gasteiger partial charge in [0.05, 0.1) is 12.4 Å². The minimum Gasteiger partial charge on any atom is -0.350 e. The Bertz CT molecular complexity index is 412. The molecule has 1 fully saturated rings. The summed E-state index contributed by atoms with van der Waals surface area (Å²) in [5.41, 5.74) is 2.70. The van der Waals surface area contributed by atoms with Gasteiger partial charge in [-0.15, -0.1) is 0 Å². The number of amides is 1. The average Bonchev–Trinajstić information content (AvgIpc) is 2.46. The lowest BCUT2D eigenvalue weighted by atomic mass is 9.83. The molecule has 1 aromatic rings. The topological polar surface area (TPSA) is 92.9 Å². The molecule has 0 saturated heterocycles. The molecule has 0 bridgehead atoms. The summed E-state index contributed by atoms with van der Waals surface area (Å²) >= 11 is 0. The van der Waals surface area contributed by atoms with Crippen LogP contribution in [-0.2, 0) is 0 Å². The van der Waals surface area contributed by atoms with Gasteiger partial charge in [0.1, 0.15) is 5.69 Å². The van der Waals surface area contributed by atoms with E-state index >= 15 is 0 Å². The summed E-state index contributed by atoms with van der Waals surface area (Å²) in [6, 6.07) is 0. The lowest BCUT2D eigenvalue weighted by Gasteiger charge is -2.26. The smallest absolute Gasteiger partial charge is 0.271 e. The Balaban J connectivity index is 1.80. The van der Waals surface area contributed by atoms with E-state index in [0.717, 1.165) is 12.5 Å². The van der Waals surface area contributed by atoms with Crippen molar-refractivity contribution < 1.29 is 4.79 Å². The van der Waals surface area contributed by atoms with E-state index < -0.39 is 0 Å². The number of nitrogens with two attached hydrogens (primary N) is 1. The highest BCUT2D eigenvalue weighted by Gasteiger charge is 2.19. The standard InChI is InChI=1S/C13H21N5O/c1-9-2-4-10(5-3-9)6-17-13(19)11-7-16-12(18-14)8-15-11/h7-10H,2-6,14H2,1H3,(H,16,18)(H,17,19). The van der Waals surface area contributed by atoms with Crippen LogP contribution in [0.2, 0.25) is 0 Å². The van der Waals surface area contributed by atoms with Gasteiger partial charge in [0.2, 0.25) is 0 Å². The Morgan fingerprint density at radius 3 is 2.63 bits per heavy atom. The van der Waals surface area contributed by atoms with Crippen molar-refractivity contribution in [3.8, 4) is 0 Å². The van der Waals surface area contributed by atoms with Crippen molar-refractivity contribution in [3.05, 3.63) is 18.1 Å². The van der Waals surface area contributed by atoms with Crippen molar-refractivity contribution in [3.63, 3.8) is 0 Å². The molecule has 0 atom stereocenters. The second-order valence-electron chi connectivity index (χ2n) is 5.27. The maximum absolute atomic E-state index is 11.9. The summed E-state index contributed by atoms with van der Waals surface area (Å²) < 4.78 is 0. The van der Waals surface area contributed by atoms with Crippen molar-refractivity contribution in [1.82, 2.24) is 15.3 Å². The van der Waals surface area contributed by atoms with Gasteiger partial charge in [-0.05, 0) is 24.7 Å². The van der Waals surface area contributed by atoms with Crippen LogP contribution in [-0.4, -0.2) is 22.4 Å². The molecule has 1 aromatic heterocycles. The van der Waals surface area contributed by atoms with E-state index in [9.17, 15) is 4.79 Å². The molecule has 6 heteroatoms. The number of carbonyl (C=O) groups is 1. The minimum atomic E-state index is -0.172. The van der Waals surface area contributed by atoms with Gasteiger partial charge in [0, 0.05) is 6.54 Å². The number of hydrogen-bond acceptors (Lipinski definition) is 5. The average molecular weight is 263 g/mol. The van der Waals surface area contributed by atoms with Gasteiger partial charge in [-0.2, -0.15) is 0 Å². The van der Waals surface area contributed by atoms with Crippen molar-refractivity contribution >= 4 is 11.7 Å². The summed E-state index contributed by atoms with van der Waals surface area (Å²) in [5.74, 6) is 6.88. The number of anilines is 1. The lowest BCUT2D eigenvalue weighted by molar-refractivity contribution is 0.0936.